The summed E-state index contributed by atoms with van der Waals surface area (Å²) in [5, 5.41) is 2.02. The third-order valence-electron chi connectivity index (χ3n) is 4.43. The number of aromatic nitrogens is 1. The fraction of sp³-hybridized carbons (Fsp3) is 0.190. The quantitative estimate of drug-likeness (QED) is 0.727. The van der Waals surface area contributed by atoms with Crippen molar-refractivity contribution in [2.75, 3.05) is 19.5 Å². The van der Waals surface area contributed by atoms with Crippen LogP contribution in [0.5, 0.6) is 0 Å². The third kappa shape index (κ3) is 3.48. The van der Waals surface area contributed by atoms with Crippen molar-refractivity contribution in [3.63, 3.8) is 0 Å². The highest BCUT2D eigenvalue weighted by Gasteiger charge is 2.18. The first-order valence-corrected chi connectivity index (χ1v) is 8.76. The summed E-state index contributed by atoms with van der Waals surface area (Å²) in [6.45, 7) is 1.70. The Balaban J connectivity index is 1.49. The van der Waals surface area contributed by atoms with Gasteiger partial charge in [0.25, 0.3) is 0 Å². The standard InChI is InChI=1S/C21H23N5/c1-25(2)13-16-8-10-18(11-9-16)24-26-14-20-19(12-22-21(20)23-15-26)17-6-4-3-5-7-17/h3-12,15,22,24H,13-14H2,1-2H3. The highest BCUT2D eigenvalue weighted by Crippen LogP contribution is 2.33. The summed E-state index contributed by atoms with van der Waals surface area (Å²) in [7, 11) is 4.16. The smallest absolute Gasteiger partial charge is 0.137 e. The first-order chi connectivity index (χ1) is 12.7. The average Bonchev–Trinajstić information content (AvgIpc) is 3.07. The molecule has 0 amide bonds. The Morgan fingerprint density at radius 1 is 1.08 bits per heavy atom. The van der Waals surface area contributed by atoms with Gasteiger partial charge in [0, 0.05) is 23.9 Å². The van der Waals surface area contributed by atoms with Crippen molar-refractivity contribution in [1.82, 2.24) is 14.9 Å². The summed E-state index contributed by atoms with van der Waals surface area (Å²) in [6.07, 6.45) is 3.87. The fourth-order valence-corrected chi connectivity index (χ4v) is 3.22. The minimum atomic E-state index is 0.756. The number of nitrogens with one attached hydrogen (secondary N) is 2. The summed E-state index contributed by atoms with van der Waals surface area (Å²) >= 11 is 0. The molecule has 132 valence electrons. The van der Waals surface area contributed by atoms with Crippen LogP contribution in [-0.4, -0.2) is 35.3 Å². The van der Waals surface area contributed by atoms with Crippen LogP contribution in [0.15, 0.2) is 65.8 Å². The van der Waals surface area contributed by atoms with Crippen LogP contribution in [0, 0.1) is 0 Å². The third-order valence-corrected chi connectivity index (χ3v) is 4.43. The van der Waals surface area contributed by atoms with Gasteiger partial charge in [-0.2, -0.15) is 0 Å². The van der Waals surface area contributed by atoms with E-state index in [1.807, 2.05) is 23.6 Å². The molecule has 3 aromatic rings. The van der Waals surface area contributed by atoms with Gasteiger partial charge >= 0.3 is 0 Å². The van der Waals surface area contributed by atoms with E-state index in [2.05, 4.69) is 82.9 Å². The zero-order chi connectivity index (χ0) is 17.9. The summed E-state index contributed by atoms with van der Waals surface area (Å²) in [5.74, 6) is 0.934. The molecule has 2 heterocycles. The maximum atomic E-state index is 4.55. The van der Waals surface area contributed by atoms with E-state index >= 15 is 0 Å². The van der Waals surface area contributed by atoms with Crippen LogP contribution < -0.4 is 5.43 Å². The Morgan fingerprint density at radius 3 is 2.58 bits per heavy atom. The van der Waals surface area contributed by atoms with Gasteiger partial charge in [-0.1, -0.05) is 42.5 Å². The van der Waals surface area contributed by atoms with E-state index in [4.69, 9.17) is 0 Å². The number of rotatable bonds is 5. The molecule has 0 atom stereocenters. The number of anilines is 1. The monoisotopic (exact) mass is 345 g/mol. The fourth-order valence-electron chi connectivity index (χ4n) is 3.22. The van der Waals surface area contributed by atoms with Gasteiger partial charge < -0.3 is 9.88 Å². The van der Waals surface area contributed by atoms with Crippen LogP contribution >= 0.6 is 0 Å². The molecule has 0 aliphatic carbocycles. The summed E-state index contributed by atoms with van der Waals surface area (Å²) in [5.41, 5.74) is 9.39. The topological polar surface area (TPSA) is 46.7 Å². The highest BCUT2D eigenvalue weighted by molar-refractivity contribution is 5.77. The molecule has 4 rings (SSSR count). The Kier molecular flexibility index (Phi) is 4.46. The van der Waals surface area contributed by atoms with Gasteiger partial charge in [0.05, 0.1) is 12.2 Å². The van der Waals surface area contributed by atoms with Crippen LogP contribution in [0.1, 0.15) is 11.1 Å². The van der Waals surface area contributed by atoms with E-state index in [0.717, 1.165) is 24.6 Å². The second-order valence-electron chi connectivity index (χ2n) is 6.81. The molecule has 1 aromatic heterocycles. The van der Waals surface area contributed by atoms with Crippen molar-refractivity contribution in [3.8, 4) is 11.1 Å². The van der Waals surface area contributed by atoms with Crippen molar-refractivity contribution in [2.45, 2.75) is 13.1 Å². The van der Waals surface area contributed by atoms with Crippen LogP contribution in [0.25, 0.3) is 11.1 Å². The molecule has 0 unspecified atom stereocenters. The van der Waals surface area contributed by atoms with Gasteiger partial charge in [0.1, 0.15) is 12.2 Å². The van der Waals surface area contributed by atoms with E-state index in [-0.39, 0.29) is 0 Å². The first kappa shape index (κ1) is 16.4. The molecule has 0 fully saturated rings. The molecule has 2 N–H and O–H groups in total. The van der Waals surface area contributed by atoms with Crippen LogP contribution in [-0.2, 0) is 13.1 Å². The second-order valence-corrected chi connectivity index (χ2v) is 6.81. The van der Waals surface area contributed by atoms with E-state index in [0.29, 0.717) is 0 Å². The molecule has 0 saturated heterocycles. The lowest BCUT2D eigenvalue weighted by atomic mass is 10.0. The predicted octanol–water partition coefficient (Wildman–Crippen LogP) is 4.25. The number of hydrazine groups is 1. The average molecular weight is 345 g/mol. The Bertz CT molecular complexity index is 894. The van der Waals surface area contributed by atoms with Crippen molar-refractivity contribution >= 4 is 17.8 Å². The van der Waals surface area contributed by atoms with E-state index < -0.39 is 0 Å². The van der Waals surface area contributed by atoms with Crippen LogP contribution in [0.4, 0.5) is 11.5 Å². The number of hydrogen-bond acceptors (Lipinski definition) is 4. The number of H-pyrrole nitrogens is 1. The van der Waals surface area contributed by atoms with Gasteiger partial charge in [-0.25, -0.2) is 4.99 Å². The molecule has 5 heteroatoms. The van der Waals surface area contributed by atoms with Crippen molar-refractivity contribution in [2.24, 2.45) is 4.99 Å². The lowest BCUT2D eigenvalue weighted by Crippen LogP contribution is -2.29. The number of nitrogens with zero attached hydrogens (tertiary/aromatic N) is 3. The minimum absolute atomic E-state index is 0.756. The molecular formula is C21H23N5. The normalized spacial score (nSPS) is 13.1. The predicted molar refractivity (Wildman–Crippen MR) is 107 cm³/mol. The molecular weight excluding hydrogens is 322 g/mol. The molecule has 0 bridgehead atoms. The SMILES string of the molecule is CN(C)Cc1ccc(NN2C=Nc3[nH]cc(-c4ccccc4)c3C2)cc1. The molecule has 1 aliphatic heterocycles. The van der Waals surface area contributed by atoms with Gasteiger partial charge in [0.2, 0.25) is 0 Å². The van der Waals surface area contributed by atoms with Gasteiger partial charge in [0.15, 0.2) is 0 Å². The highest BCUT2D eigenvalue weighted by atomic mass is 15.5. The molecule has 2 aromatic carbocycles. The largest absolute Gasteiger partial charge is 0.346 e. The van der Waals surface area contributed by atoms with E-state index in [9.17, 15) is 0 Å². The molecule has 5 nitrogen and oxygen atoms in total. The van der Waals surface area contributed by atoms with Gasteiger partial charge in [-0.3, -0.25) is 10.4 Å². The maximum absolute atomic E-state index is 4.55. The molecule has 1 aliphatic rings. The van der Waals surface area contributed by atoms with Gasteiger partial charge in [-0.05, 0) is 37.4 Å². The van der Waals surface area contributed by atoms with Gasteiger partial charge in [-0.15, -0.1) is 0 Å². The Morgan fingerprint density at radius 2 is 1.85 bits per heavy atom. The second kappa shape index (κ2) is 7.06. The molecule has 26 heavy (non-hydrogen) atoms. The molecule has 0 saturated carbocycles. The Labute approximate surface area is 154 Å². The van der Waals surface area contributed by atoms with E-state index in [1.165, 1.54) is 22.3 Å². The summed E-state index contributed by atoms with van der Waals surface area (Å²) in [4.78, 5) is 9.99. The Hall–Kier alpha value is -3.05. The molecule has 0 spiro atoms. The summed E-state index contributed by atoms with van der Waals surface area (Å²) in [6, 6.07) is 18.9. The van der Waals surface area contributed by atoms with Crippen molar-refractivity contribution in [1.29, 1.82) is 0 Å². The lowest BCUT2D eigenvalue weighted by molar-refractivity contribution is 0.402. The van der Waals surface area contributed by atoms with Crippen molar-refractivity contribution < 1.29 is 0 Å². The van der Waals surface area contributed by atoms with Crippen molar-refractivity contribution in [3.05, 3.63) is 71.9 Å². The number of aliphatic imine (C=N–C) groups is 1. The van der Waals surface area contributed by atoms with Crippen LogP contribution in [0.3, 0.4) is 0 Å². The minimum Gasteiger partial charge on any atom is -0.346 e. The number of hydrogen-bond donors (Lipinski definition) is 2. The zero-order valence-corrected chi connectivity index (χ0v) is 15.1. The maximum Gasteiger partial charge on any atom is 0.137 e. The number of benzene rings is 2. The first-order valence-electron chi connectivity index (χ1n) is 8.76. The lowest BCUT2D eigenvalue weighted by Gasteiger charge is -2.25. The summed E-state index contributed by atoms with van der Waals surface area (Å²) < 4.78 is 0. The zero-order valence-electron chi connectivity index (χ0n) is 15.1. The van der Waals surface area contributed by atoms with E-state index in [1.54, 1.807) is 0 Å². The number of aromatic amines is 1. The number of fused-ring (bicyclic) bond motifs is 1. The van der Waals surface area contributed by atoms with Crippen LogP contribution in [0.2, 0.25) is 0 Å². The molecule has 0 radical (unpaired) electrons.